The summed E-state index contributed by atoms with van der Waals surface area (Å²) < 4.78 is 2.01. The number of imidazole rings is 1. The van der Waals surface area contributed by atoms with E-state index in [1.807, 2.05) is 24.0 Å². The van der Waals surface area contributed by atoms with Crippen LogP contribution in [0.4, 0.5) is 0 Å². The first-order chi connectivity index (χ1) is 7.67. The van der Waals surface area contributed by atoms with Crippen molar-refractivity contribution in [2.24, 2.45) is 13.0 Å². The van der Waals surface area contributed by atoms with Gasteiger partial charge in [-0.1, -0.05) is 0 Å². The van der Waals surface area contributed by atoms with Crippen LogP contribution >= 0.6 is 0 Å². The van der Waals surface area contributed by atoms with Gasteiger partial charge in [0.2, 0.25) is 0 Å². The fraction of sp³-hybridized carbons (Fsp3) is 0.750. The molecule has 4 nitrogen and oxygen atoms in total. The van der Waals surface area contributed by atoms with Gasteiger partial charge >= 0.3 is 0 Å². The zero-order chi connectivity index (χ0) is 11.2. The molecule has 16 heavy (non-hydrogen) atoms. The molecule has 0 amide bonds. The fourth-order valence-electron chi connectivity index (χ4n) is 3.10. The van der Waals surface area contributed by atoms with Crippen molar-refractivity contribution in [3.8, 4) is 0 Å². The number of hydrogen-bond donors (Lipinski definition) is 1. The topological polar surface area (TPSA) is 41.3 Å². The lowest BCUT2D eigenvalue weighted by Crippen LogP contribution is -2.48. The molecule has 1 aromatic rings. The van der Waals surface area contributed by atoms with E-state index in [-0.39, 0.29) is 0 Å². The molecule has 0 spiro atoms. The molecular weight excluding hydrogens is 202 g/mol. The maximum absolute atomic E-state index is 10.8. The summed E-state index contributed by atoms with van der Waals surface area (Å²) >= 11 is 0. The van der Waals surface area contributed by atoms with E-state index in [9.17, 15) is 5.11 Å². The smallest absolute Gasteiger partial charge is 0.111 e. The first-order valence-corrected chi connectivity index (χ1v) is 6.08. The lowest BCUT2D eigenvalue weighted by Gasteiger charge is -2.38. The molecule has 0 saturated carbocycles. The first kappa shape index (κ1) is 10.3. The van der Waals surface area contributed by atoms with Crippen molar-refractivity contribution in [2.45, 2.75) is 24.9 Å². The maximum Gasteiger partial charge on any atom is 0.111 e. The van der Waals surface area contributed by atoms with Crippen molar-refractivity contribution in [1.29, 1.82) is 0 Å². The number of aryl methyl sites for hydroxylation is 1. The summed E-state index contributed by atoms with van der Waals surface area (Å²) in [4.78, 5) is 6.78. The maximum atomic E-state index is 10.8. The molecular formula is C12H19N3O. The van der Waals surface area contributed by atoms with Crippen molar-refractivity contribution in [3.63, 3.8) is 0 Å². The lowest BCUT2D eigenvalue weighted by molar-refractivity contribution is -0.0457. The third kappa shape index (κ3) is 1.57. The van der Waals surface area contributed by atoms with Gasteiger partial charge in [-0.3, -0.25) is 0 Å². The van der Waals surface area contributed by atoms with E-state index in [2.05, 4.69) is 9.88 Å². The summed E-state index contributed by atoms with van der Waals surface area (Å²) in [5.41, 5.74) is -0.522. The third-order valence-electron chi connectivity index (χ3n) is 4.28. The van der Waals surface area contributed by atoms with Crippen molar-refractivity contribution in [3.05, 3.63) is 18.2 Å². The minimum absolute atomic E-state index is 0.443. The van der Waals surface area contributed by atoms with Crippen LogP contribution in [-0.2, 0) is 13.5 Å². The molecule has 0 aromatic carbocycles. The SMILES string of the molecule is Cn1ccnc1CC1(O)CCN2CCC1C2. The van der Waals surface area contributed by atoms with E-state index in [1.165, 1.54) is 0 Å². The predicted octanol–water partition coefficient (Wildman–Crippen LogP) is 0.419. The van der Waals surface area contributed by atoms with Crippen LogP contribution in [0.5, 0.6) is 0 Å². The Labute approximate surface area is 95.9 Å². The molecule has 1 aromatic heterocycles. The van der Waals surface area contributed by atoms with Crippen molar-refractivity contribution in [1.82, 2.24) is 14.5 Å². The van der Waals surface area contributed by atoms with Crippen molar-refractivity contribution >= 4 is 0 Å². The Balaban J connectivity index is 1.80. The van der Waals surface area contributed by atoms with Crippen LogP contribution in [0.3, 0.4) is 0 Å². The Hall–Kier alpha value is -0.870. The Bertz CT molecular complexity index is 389. The number of aromatic nitrogens is 2. The van der Waals surface area contributed by atoms with Crippen LogP contribution in [0.15, 0.2) is 12.4 Å². The quantitative estimate of drug-likeness (QED) is 0.787. The summed E-state index contributed by atoms with van der Waals surface area (Å²) in [6.07, 6.45) is 6.49. The monoisotopic (exact) mass is 221 g/mol. The van der Waals surface area contributed by atoms with E-state index >= 15 is 0 Å². The molecule has 3 heterocycles. The summed E-state index contributed by atoms with van der Waals surface area (Å²) in [5.74, 6) is 1.45. The van der Waals surface area contributed by atoms with Crippen LogP contribution in [-0.4, -0.2) is 44.8 Å². The predicted molar refractivity (Wildman–Crippen MR) is 61.0 cm³/mol. The van der Waals surface area contributed by atoms with Crippen molar-refractivity contribution < 1.29 is 5.11 Å². The molecule has 3 rings (SSSR count). The second-order valence-electron chi connectivity index (χ2n) is 5.27. The van der Waals surface area contributed by atoms with Gasteiger partial charge in [-0.15, -0.1) is 0 Å². The molecule has 2 aliphatic heterocycles. The van der Waals surface area contributed by atoms with Crippen molar-refractivity contribution in [2.75, 3.05) is 19.6 Å². The van der Waals surface area contributed by atoms with E-state index in [1.54, 1.807) is 0 Å². The summed E-state index contributed by atoms with van der Waals surface area (Å²) in [6.45, 7) is 3.27. The average Bonchev–Trinajstić information content (AvgIpc) is 2.83. The van der Waals surface area contributed by atoms with E-state index < -0.39 is 5.60 Å². The Morgan fingerprint density at radius 2 is 2.44 bits per heavy atom. The van der Waals surface area contributed by atoms with E-state index in [0.29, 0.717) is 12.3 Å². The molecule has 88 valence electrons. The van der Waals surface area contributed by atoms with Gasteiger partial charge in [0.1, 0.15) is 5.82 Å². The van der Waals surface area contributed by atoms with Gasteiger partial charge in [0.05, 0.1) is 5.60 Å². The van der Waals surface area contributed by atoms with Gasteiger partial charge in [0.15, 0.2) is 0 Å². The van der Waals surface area contributed by atoms with E-state index in [0.717, 1.165) is 38.3 Å². The highest BCUT2D eigenvalue weighted by Crippen LogP contribution is 2.37. The summed E-state index contributed by atoms with van der Waals surface area (Å²) in [5, 5.41) is 10.8. The minimum Gasteiger partial charge on any atom is -0.389 e. The largest absolute Gasteiger partial charge is 0.389 e. The van der Waals surface area contributed by atoms with Gasteiger partial charge in [0, 0.05) is 44.9 Å². The molecule has 1 N–H and O–H groups in total. The number of rotatable bonds is 2. The minimum atomic E-state index is -0.522. The molecule has 3 unspecified atom stereocenters. The van der Waals surface area contributed by atoms with Crippen LogP contribution in [0, 0.1) is 5.92 Å². The van der Waals surface area contributed by atoms with Crippen LogP contribution < -0.4 is 0 Å². The van der Waals surface area contributed by atoms with Crippen LogP contribution in [0.1, 0.15) is 18.7 Å². The molecule has 2 saturated heterocycles. The van der Waals surface area contributed by atoms with Crippen LogP contribution in [0.2, 0.25) is 0 Å². The van der Waals surface area contributed by atoms with Gasteiger partial charge < -0.3 is 14.6 Å². The average molecular weight is 221 g/mol. The lowest BCUT2D eigenvalue weighted by atomic mass is 9.79. The highest BCUT2D eigenvalue weighted by molar-refractivity contribution is 5.05. The fourth-order valence-corrected chi connectivity index (χ4v) is 3.10. The normalized spacial score (nSPS) is 37.9. The number of aliphatic hydroxyl groups is 1. The van der Waals surface area contributed by atoms with Gasteiger partial charge in [-0.2, -0.15) is 0 Å². The molecule has 3 atom stereocenters. The molecule has 0 aliphatic carbocycles. The number of nitrogens with zero attached hydrogens (tertiary/aromatic N) is 3. The number of fused-ring (bicyclic) bond motifs is 2. The molecule has 0 radical (unpaired) electrons. The Morgan fingerprint density at radius 3 is 3.19 bits per heavy atom. The molecule has 2 aliphatic rings. The zero-order valence-electron chi connectivity index (χ0n) is 9.76. The van der Waals surface area contributed by atoms with Gasteiger partial charge in [-0.05, 0) is 19.4 Å². The first-order valence-electron chi connectivity index (χ1n) is 6.08. The Kier molecular flexibility index (Phi) is 2.30. The highest BCUT2D eigenvalue weighted by atomic mass is 16.3. The number of piperidine rings is 1. The highest BCUT2D eigenvalue weighted by Gasteiger charge is 2.45. The standard InChI is InChI=1S/C12H19N3O/c1-14-7-4-13-11(14)8-12(16)3-6-15-5-2-10(12)9-15/h4,7,10,16H,2-3,5-6,8-9H2,1H3. The van der Waals surface area contributed by atoms with Gasteiger partial charge in [-0.25, -0.2) is 4.98 Å². The zero-order valence-corrected chi connectivity index (χ0v) is 9.76. The van der Waals surface area contributed by atoms with Crippen LogP contribution in [0.25, 0.3) is 0 Å². The molecule has 2 bridgehead atoms. The summed E-state index contributed by atoms with van der Waals surface area (Å²) in [6, 6.07) is 0. The molecule has 2 fully saturated rings. The summed E-state index contributed by atoms with van der Waals surface area (Å²) in [7, 11) is 2.00. The third-order valence-corrected chi connectivity index (χ3v) is 4.28. The Morgan fingerprint density at radius 1 is 1.56 bits per heavy atom. The second-order valence-corrected chi connectivity index (χ2v) is 5.27. The van der Waals surface area contributed by atoms with Gasteiger partial charge in [0.25, 0.3) is 0 Å². The van der Waals surface area contributed by atoms with E-state index in [4.69, 9.17) is 0 Å². The molecule has 4 heteroatoms. The number of hydrogen-bond acceptors (Lipinski definition) is 3. The second kappa shape index (κ2) is 3.57.